The summed E-state index contributed by atoms with van der Waals surface area (Å²) in [7, 11) is 3.10. The Morgan fingerprint density at radius 2 is 1.85 bits per heavy atom. The number of rotatable bonds is 3. The third kappa shape index (κ3) is 2.48. The highest BCUT2D eigenvalue weighted by atomic mass is 32.1. The molecule has 0 saturated heterocycles. The van der Waals surface area contributed by atoms with E-state index >= 15 is 0 Å². The molecule has 7 heteroatoms. The van der Waals surface area contributed by atoms with Crippen molar-refractivity contribution in [3.63, 3.8) is 0 Å². The lowest BCUT2D eigenvalue weighted by Gasteiger charge is -2.05. The fraction of sp³-hybridized carbons (Fsp3) is 0.105. The van der Waals surface area contributed by atoms with E-state index in [0.29, 0.717) is 33.0 Å². The van der Waals surface area contributed by atoms with E-state index in [1.165, 1.54) is 18.4 Å². The summed E-state index contributed by atoms with van der Waals surface area (Å²) in [5.74, 6) is 1.22. The molecule has 0 aliphatic heterocycles. The van der Waals surface area contributed by atoms with Gasteiger partial charge in [0.25, 0.3) is 0 Å². The SMILES string of the molecule is COc1ccc2sc(-c3c(C#N)c4ccc(OC)cc4oc3=O)nc2c1. The van der Waals surface area contributed by atoms with Gasteiger partial charge in [0.05, 0.1) is 30.0 Å². The maximum absolute atomic E-state index is 12.6. The second kappa shape index (κ2) is 6.17. The Morgan fingerprint density at radius 1 is 1.12 bits per heavy atom. The molecule has 128 valence electrons. The van der Waals surface area contributed by atoms with E-state index in [1.54, 1.807) is 31.4 Å². The number of aromatic nitrogens is 1. The molecule has 0 amide bonds. The summed E-state index contributed by atoms with van der Waals surface area (Å²) >= 11 is 1.33. The monoisotopic (exact) mass is 364 g/mol. The van der Waals surface area contributed by atoms with Crippen molar-refractivity contribution in [1.29, 1.82) is 5.26 Å². The highest BCUT2D eigenvalue weighted by Gasteiger charge is 2.20. The molecule has 26 heavy (non-hydrogen) atoms. The van der Waals surface area contributed by atoms with Crippen molar-refractivity contribution < 1.29 is 13.9 Å². The van der Waals surface area contributed by atoms with Gasteiger partial charge in [-0.25, -0.2) is 9.78 Å². The van der Waals surface area contributed by atoms with Crippen LogP contribution in [0.15, 0.2) is 45.6 Å². The summed E-state index contributed by atoms with van der Waals surface area (Å²) in [5, 5.41) is 10.7. The molecule has 4 aromatic rings. The zero-order chi connectivity index (χ0) is 18.3. The Balaban J connectivity index is 2.00. The fourth-order valence-electron chi connectivity index (χ4n) is 2.76. The molecule has 2 heterocycles. The number of ether oxygens (including phenoxy) is 2. The molecule has 0 radical (unpaired) electrons. The minimum Gasteiger partial charge on any atom is -0.497 e. The third-order valence-electron chi connectivity index (χ3n) is 4.04. The number of nitrogens with zero attached hydrogens (tertiary/aromatic N) is 2. The van der Waals surface area contributed by atoms with Gasteiger partial charge in [-0.05, 0) is 24.3 Å². The molecule has 0 unspecified atom stereocenters. The van der Waals surface area contributed by atoms with Crippen LogP contribution in [0.2, 0.25) is 0 Å². The van der Waals surface area contributed by atoms with Gasteiger partial charge in [-0.15, -0.1) is 11.3 Å². The van der Waals surface area contributed by atoms with Crippen molar-refractivity contribution in [3.8, 4) is 28.1 Å². The summed E-state index contributed by atoms with van der Waals surface area (Å²) in [4.78, 5) is 17.1. The minimum absolute atomic E-state index is 0.172. The van der Waals surface area contributed by atoms with Crippen molar-refractivity contribution in [2.75, 3.05) is 14.2 Å². The quantitative estimate of drug-likeness (QED) is 0.512. The van der Waals surface area contributed by atoms with Crippen LogP contribution >= 0.6 is 11.3 Å². The van der Waals surface area contributed by atoms with Crippen LogP contribution in [0.1, 0.15) is 5.56 Å². The Bertz CT molecular complexity index is 1250. The van der Waals surface area contributed by atoms with Crippen LogP contribution in [0.5, 0.6) is 11.5 Å². The largest absolute Gasteiger partial charge is 0.497 e. The summed E-state index contributed by atoms with van der Waals surface area (Å²) in [5.41, 5.74) is 0.809. The topological polar surface area (TPSA) is 85.4 Å². The molecule has 2 aromatic heterocycles. The molecule has 6 nitrogen and oxygen atoms in total. The fourth-order valence-corrected chi connectivity index (χ4v) is 3.74. The second-order valence-corrected chi connectivity index (χ2v) is 6.50. The van der Waals surface area contributed by atoms with Gasteiger partial charge in [0.1, 0.15) is 33.7 Å². The normalized spacial score (nSPS) is 10.8. The summed E-state index contributed by atoms with van der Waals surface area (Å²) in [6, 6.07) is 12.6. The van der Waals surface area contributed by atoms with Crippen LogP contribution < -0.4 is 15.1 Å². The zero-order valence-corrected chi connectivity index (χ0v) is 14.7. The lowest BCUT2D eigenvalue weighted by molar-refractivity contribution is 0.414. The van der Waals surface area contributed by atoms with Gasteiger partial charge in [0.15, 0.2) is 0 Å². The molecule has 0 spiro atoms. The van der Waals surface area contributed by atoms with Crippen LogP contribution in [0.4, 0.5) is 0 Å². The van der Waals surface area contributed by atoms with Gasteiger partial charge in [-0.2, -0.15) is 5.26 Å². The van der Waals surface area contributed by atoms with Gasteiger partial charge >= 0.3 is 5.63 Å². The standard InChI is InChI=1S/C19H12N2O4S/c1-23-10-4-6-16-14(7-10)21-18(26-16)17-13(9-20)12-5-3-11(24-2)8-15(12)25-19(17)22/h3-8H,1-2H3. The number of hydrogen-bond acceptors (Lipinski definition) is 7. The maximum atomic E-state index is 12.6. The highest BCUT2D eigenvalue weighted by Crippen LogP contribution is 2.34. The third-order valence-corrected chi connectivity index (χ3v) is 5.09. The number of hydrogen-bond donors (Lipinski definition) is 0. The molecule has 0 atom stereocenters. The van der Waals surface area contributed by atoms with Crippen LogP contribution in [0, 0.1) is 11.3 Å². The number of benzene rings is 2. The van der Waals surface area contributed by atoms with E-state index in [2.05, 4.69) is 11.1 Å². The summed E-state index contributed by atoms with van der Waals surface area (Å²) < 4.78 is 16.7. The second-order valence-electron chi connectivity index (χ2n) is 5.47. The first-order valence-electron chi connectivity index (χ1n) is 7.64. The number of fused-ring (bicyclic) bond motifs is 2. The van der Waals surface area contributed by atoms with Gasteiger partial charge < -0.3 is 13.9 Å². The minimum atomic E-state index is -0.603. The van der Waals surface area contributed by atoms with E-state index in [4.69, 9.17) is 13.9 Å². The molecule has 4 rings (SSSR count). The zero-order valence-electron chi connectivity index (χ0n) is 13.9. The van der Waals surface area contributed by atoms with Crippen LogP contribution in [0.25, 0.3) is 31.8 Å². The molecule has 0 saturated carbocycles. The molecular weight excluding hydrogens is 352 g/mol. The van der Waals surface area contributed by atoms with E-state index < -0.39 is 5.63 Å². The predicted octanol–water partition coefficient (Wildman–Crippen LogP) is 3.96. The predicted molar refractivity (Wildman–Crippen MR) is 98.9 cm³/mol. The van der Waals surface area contributed by atoms with Crippen molar-refractivity contribution in [3.05, 3.63) is 52.4 Å². The first-order chi connectivity index (χ1) is 12.6. The van der Waals surface area contributed by atoms with E-state index in [9.17, 15) is 10.1 Å². The van der Waals surface area contributed by atoms with Crippen molar-refractivity contribution in [2.45, 2.75) is 0 Å². The van der Waals surface area contributed by atoms with Crippen LogP contribution in [-0.4, -0.2) is 19.2 Å². The first kappa shape index (κ1) is 16.1. The average molecular weight is 364 g/mol. The smallest absolute Gasteiger partial charge is 0.348 e. The molecular formula is C19H12N2O4S. The lowest BCUT2D eigenvalue weighted by atomic mass is 10.1. The van der Waals surface area contributed by atoms with E-state index in [-0.39, 0.29) is 11.1 Å². The average Bonchev–Trinajstić information content (AvgIpc) is 3.08. The molecule has 0 fully saturated rings. The number of thiazole rings is 1. The van der Waals surface area contributed by atoms with E-state index in [1.807, 2.05) is 12.1 Å². The van der Waals surface area contributed by atoms with Crippen molar-refractivity contribution >= 4 is 32.5 Å². The Kier molecular flexibility index (Phi) is 3.82. The number of nitriles is 1. The first-order valence-corrected chi connectivity index (χ1v) is 8.46. The molecule has 0 aliphatic carbocycles. The Hall–Kier alpha value is -3.37. The van der Waals surface area contributed by atoms with Gasteiger partial charge in [-0.3, -0.25) is 0 Å². The lowest BCUT2D eigenvalue weighted by Crippen LogP contribution is -2.06. The molecule has 2 aromatic carbocycles. The van der Waals surface area contributed by atoms with Crippen molar-refractivity contribution in [1.82, 2.24) is 4.98 Å². The summed E-state index contributed by atoms with van der Waals surface area (Å²) in [6.07, 6.45) is 0. The highest BCUT2D eigenvalue weighted by molar-refractivity contribution is 7.21. The molecule has 0 N–H and O–H groups in total. The van der Waals surface area contributed by atoms with Gasteiger partial charge in [0.2, 0.25) is 0 Å². The van der Waals surface area contributed by atoms with Crippen LogP contribution in [-0.2, 0) is 0 Å². The maximum Gasteiger partial charge on any atom is 0.348 e. The molecule has 0 aliphatic rings. The van der Waals surface area contributed by atoms with Crippen molar-refractivity contribution in [2.24, 2.45) is 0 Å². The van der Waals surface area contributed by atoms with Gasteiger partial charge in [-0.1, -0.05) is 0 Å². The number of methoxy groups -OCH3 is 2. The molecule has 0 bridgehead atoms. The van der Waals surface area contributed by atoms with Gasteiger partial charge in [0, 0.05) is 17.5 Å². The van der Waals surface area contributed by atoms with E-state index in [0.717, 1.165) is 4.70 Å². The van der Waals surface area contributed by atoms with Crippen LogP contribution in [0.3, 0.4) is 0 Å². The Morgan fingerprint density at radius 3 is 2.58 bits per heavy atom. The Labute approximate surface area is 151 Å². The summed E-state index contributed by atoms with van der Waals surface area (Å²) in [6.45, 7) is 0.